The predicted molar refractivity (Wildman–Crippen MR) is 70.6 cm³/mol. The van der Waals surface area contributed by atoms with Gasteiger partial charge in [-0.1, -0.05) is 18.2 Å². The summed E-state index contributed by atoms with van der Waals surface area (Å²) in [5.74, 6) is -0.323. The summed E-state index contributed by atoms with van der Waals surface area (Å²) in [6.45, 7) is 3.85. The van der Waals surface area contributed by atoms with E-state index in [0.717, 1.165) is 12.8 Å². The van der Waals surface area contributed by atoms with E-state index >= 15 is 0 Å². The summed E-state index contributed by atoms with van der Waals surface area (Å²) in [6.07, 6.45) is 8.30. The van der Waals surface area contributed by atoms with Crippen LogP contribution < -0.4 is 0 Å². The molecule has 2 aliphatic rings. The largest absolute Gasteiger partial charge is 0.340 e. The smallest absolute Gasteiger partial charge is 0.164 e. The summed E-state index contributed by atoms with van der Waals surface area (Å²) in [5, 5.41) is 0. The van der Waals surface area contributed by atoms with Crippen molar-refractivity contribution in [2.45, 2.75) is 51.1 Å². The number of Topliss-reactive ketones (excluding diaryl/α,β-unsaturated/α-hetero) is 1. The van der Waals surface area contributed by atoms with Crippen LogP contribution in [0, 0.1) is 0 Å². The number of ketones is 1. The van der Waals surface area contributed by atoms with Gasteiger partial charge in [-0.2, -0.15) is 0 Å². The molecule has 18 heavy (non-hydrogen) atoms. The lowest BCUT2D eigenvalue weighted by Crippen LogP contribution is -2.25. The Morgan fingerprint density at radius 3 is 2.94 bits per heavy atom. The van der Waals surface area contributed by atoms with Gasteiger partial charge in [-0.25, -0.2) is 0 Å². The molecule has 3 nitrogen and oxygen atoms in total. The third-order valence-corrected chi connectivity index (χ3v) is 3.47. The van der Waals surface area contributed by atoms with Gasteiger partial charge in [0.1, 0.15) is 18.0 Å². The quantitative estimate of drug-likeness (QED) is 0.721. The van der Waals surface area contributed by atoms with Crippen LogP contribution >= 0.6 is 11.6 Å². The Hall–Kier alpha value is -0.640. The minimum atomic E-state index is -0.533. The third kappa shape index (κ3) is 3.22. The molecule has 0 aromatic rings. The van der Waals surface area contributed by atoms with E-state index in [1.54, 1.807) is 0 Å². The molecule has 0 aromatic carbocycles. The van der Waals surface area contributed by atoms with Crippen molar-refractivity contribution in [1.29, 1.82) is 0 Å². The minimum Gasteiger partial charge on any atom is -0.340 e. The van der Waals surface area contributed by atoms with E-state index in [1.165, 1.54) is 5.57 Å². The van der Waals surface area contributed by atoms with E-state index in [9.17, 15) is 4.79 Å². The average Bonchev–Trinajstić information content (AvgIpc) is 2.63. The van der Waals surface area contributed by atoms with Gasteiger partial charge in [0.15, 0.2) is 5.79 Å². The number of hydrogen-bond donors (Lipinski definition) is 0. The summed E-state index contributed by atoms with van der Waals surface area (Å²) in [5.41, 5.74) is 1.20. The normalized spacial score (nSPS) is 28.9. The Balaban J connectivity index is 1.91. The van der Waals surface area contributed by atoms with Gasteiger partial charge in [0.25, 0.3) is 0 Å². The molecule has 0 bridgehead atoms. The Morgan fingerprint density at radius 1 is 1.44 bits per heavy atom. The van der Waals surface area contributed by atoms with Gasteiger partial charge in [0.05, 0.1) is 5.88 Å². The van der Waals surface area contributed by atoms with Crippen molar-refractivity contribution in [3.8, 4) is 0 Å². The van der Waals surface area contributed by atoms with Gasteiger partial charge in [0.2, 0.25) is 0 Å². The first-order chi connectivity index (χ1) is 8.52. The molecule has 100 valence electrons. The Bertz CT molecular complexity index is 385. The Kier molecular flexibility index (Phi) is 4.25. The number of ether oxygens (including phenoxy) is 2. The second-order valence-electron chi connectivity index (χ2n) is 5.17. The molecule has 0 radical (unpaired) electrons. The highest BCUT2D eigenvalue weighted by atomic mass is 35.5. The molecular formula is C14H19ClO3. The summed E-state index contributed by atoms with van der Waals surface area (Å²) in [7, 11) is 0. The molecule has 0 N–H and O–H groups in total. The number of carbonyl (C=O) groups excluding carboxylic acids is 1. The minimum absolute atomic E-state index is 0.00345. The maximum Gasteiger partial charge on any atom is 0.164 e. The van der Waals surface area contributed by atoms with Crippen molar-refractivity contribution < 1.29 is 14.3 Å². The van der Waals surface area contributed by atoms with Gasteiger partial charge in [0, 0.05) is 6.42 Å². The van der Waals surface area contributed by atoms with E-state index in [2.05, 4.69) is 6.08 Å². The fourth-order valence-electron chi connectivity index (χ4n) is 2.38. The molecule has 1 aliphatic carbocycles. The highest BCUT2D eigenvalue weighted by Gasteiger charge is 2.42. The van der Waals surface area contributed by atoms with Crippen molar-refractivity contribution in [2.24, 2.45) is 0 Å². The SMILES string of the molecule is CC1(C)O[C@H]2C=CC=C(CCCC(=O)CCl)[C@H]2O1. The first-order valence-electron chi connectivity index (χ1n) is 6.32. The molecule has 1 saturated heterocycles. The summed E-state index contributed by atoms with van der Waals surface area (Å²) in [4.78, 5) is 11.2. The zero-order valence-corrected chi connectivity index (χ0v) is 11.6. The fourth-order valence-corrected chi connectivity index (χ4v) is 2.52. The molecule has 0 amide bonds. The predicted octanol–water partition coefficient (Wildman–Crippen LogP) is 2.98. The number of carbonyl (C=O) groups is 1. The molecule has 1 heterocycles. The number of fused-ring (bicyclic) bond motifs is 1. The number of allylic oxidation sites excluding steroid dienone is 2. The third-order valence-electron chi connectivity index (χ3n) is 3.18. The molecule has 0 unspecified atom stereocenters. The standard InChI is InChI=1S/C14H19ClO3/c1-14(2)17-12-8-4-6-10(13(12)18-14)5-3-7-11(16)9-15/h4,6,8,12-13H,3,5,7,9H2,1-2H3/t12-,13+/m0/s1. The van der Waals surface area contributed by atoms with Crippen LogP contribution in [0.5, 0.6) is 0 Å². The topological polar surface area (TPSA) is 35.5 Å². The second-order valence-corrected chi connectivity index (χ2v) is 5.44. The highest BCUT2D eigenvalue weighted by Crippen LogP contribution is 2.36. The molecule has 0 saturated carbocycles. The second kappa shape index (κ2) is 5.55. The maximum atomic E-state index is 11.2. The van der Waals surface area contributed by atoms with E-state index in [0.29, 0.717) is 6.42 Å². The molecule has 4 heteroatoms. The summed E-state index contributed by atoms with van der Waals surface area (Å²) in [6, 6.07) is 0. The molecular weight excluding hydrogens is 252 g/mol. The molecule has 0 aromatic heterocycles. The molecule has 2 rings (SSSR count). The van der Waals surface area contributed by atoms with E-state index in [1.807, 2.05) is 26.0 Å². The lowest BCUT2D eigenvalue weighted by molar-refractivity contribution is -0.139. The van der Waals surface area contributed by atoms with Crippen LogP contribution in [0.3, 0.4) is 0 Å². The van der Waals surface area contributed by atoms with Gasteiger partial charge < -0.3 is 9.47 Å². The van der Waals surface area contributed by atoms with Gasteiger partial charge in [-0.3, -0.25) is 4.79 Å². The Labute approximate surface area is 113 Å². The first-order valence-corrected chi connectivity index (χ1v) is 6.86. The van der Waals surface area contributed by atoms with E-state index in [-0.39, 0.29) is 23.9 Å². The van der Waals surface area contributed by atoms with Gasteiger partial charge in [-0.05, 0) is 32.3 Å². The summed E-state index contributed by atoms with van der Waals surface area (Å²) < 4.78 is 11.7. The first kappa shape index (κ1) is 13.8. The zero-order chi connectivity index (χ0) is 13.2. The lowest BCUT2D eigenvalue weighted by Gasteiger charge is -2.20. The van der Waals surface area contributed by atoms with E-state index in [4.69, 9.17) is 21.1 Å². The van der Waals surface area contributed by atoms with Crippen molar-refractivity contribution in [3.05, 3.63) is 23.8 Å². The number of hydrogen-bond acceptors (Lipinski definition) is 3. The number of rotatable bonds is 5. The molecule has 1 aliphatic heterocycles. The molecule has 1 fully saturated rings. The van der Waals surface area contributed by atoms with Crippen LogP contribution in [0.1, 0.15) is 33.1 Å². The number of alkyl halides is 1. The van der Waals surface area contributed by atoms with Gasteiger partial charge >= 0.3 is 0 Å². The van der Waals surface area contributed by atoms with Crippen LogP contribution in [-0.4, -0.2) is 29.7 Å². The van der Waals surface area contributed by atoms with Crippen LogP contribution in [0.15, 0.2) is 23.8 Å². The molecule has 2 atom stereocenters. The van der Waals surface area contributed by atoms with Crippen LogP contribution in [0.2, 0.25) is 0 Å². The summed E-state index contributed by atoms with van der Waals surface area (Å²) >= 11 is 5.48. The molecule has 0 spiro atoms. The zero-order valence-electron chi connectivity index (χ0n) is 10.8. The van der Waals surface area contributed by atoms with Crippen LogP contribution in [0.4, 0.5) is 0 Å². The number of halogens is 1. The Morgan fingerprint density at radius 2 is 2.22 bits per heavy atom. The average molecular weight is 271 g/mol. The highest BCUT2D eigenvalue weighted by molar-refractivity contribution is 6.27. The fraction of sp³-hybridized carbons (Fsp3) is 0.643. The maximum absolute atomic E-state index is 11.2. The monoisotopic (exact) mass is 270 g/mol. The lowest BCUT2D eigenvalue weighted by atomic mass is 9.94. The van der Waals surface area contributed by atoms with Crippen LogP contribution in [0.25, 0.3) is 0 Å². The van der Waals surface area contributed by atoms with Crippen molar-refractivity contribution in [3.63, 3.8) is 0 Å². The van der Waals surface area contributed by atoms with Gasteiger partial charge in [-0.15, -0.1) is 11.6 Å². The van der Waals surface area contributed by atoms with Crippen LogP contribution in [-0.2, 0) is 14.3 Å². The van der Waals surface area contributed by atoms with Crippen molar-refractivity contribution in [2.75, 3.05) is 5.88 Å². The van der Waals surface area contributed by atoms with Crippen molar-refractivity contribution in [1.82, 2.24) is 0 Å². The van der Waals surface area contributed by atoms with E-state index < -0.39 is 5.79 Å². The van der Waals surface area contributed by atoms with Crippen molar-refractivity contribution >= 4 is 17.4 Å².